The molecule has 0 aromatic rings. The number of nitrogens with one attached hydrogen (secondary N) is 1. The molecule has 0 aromatic heterocycles. The van der Waals surface area contributed by atoms with Crippen LogP contribution in [-0.2, 0) is 4.79 Å². The van der Waals surface area contributed by atoms with E-state index in [1.54, 1.807) is 0 Å². The maximum absolute atomic E-state index is 10.8. The van der Waals surface area contributed by atoms with Crippen molar-refractivity contribution in [1.29, 1.82) is 0 Å². The van der Waals surface area contributed by atoms with Gasteiger partial charge in [-0.1, -0.05) is 13.3 Å². The second-order valence-corrected chi connectivity index (χ2v) is 2.67. The Hall–Kier alpha value is -0.610. The molecule has 0 atom stereocenters. The summed E-state index contributed by atoms with van der Waals surface area (Å²) in [4.78, 5) is 10.8. The summed E-state index contributed by atoms with van der Waals surface area (Å²) in [5.41, 5.74) is 0. The van der Waals surface area contributed by atoms with E-state index in [1.807, 2.05) is 12.2 Å². The summed E-state index contributed by atoms with van der Waals surface area (Å²) in [6, 6.07) is 0. The SMILES string of the molecule is CCCCC(=O)NC(C)(O)O. The molecule has 66 valence electrons. The summed E-state index contributed by atoms with van der Waals surface area (Å²) in [6.07, 6.45) is 2.02. The van der Waals surface area contributed by atoms with Gasteiger partial charge in [0.25, 0.3) is 0 Å². The van der Waals surface area contributed by atoms with Crippen LogP contribution in [0.15, 0.2) is 0 Å². The van der Waals surface area contributed by atoms with Crippen LogP contribution in [0.25, 0.3) is 0 Å². The Bertz CT molecular complexity index is 128. The van der Waals surface area contributed by atoms with E-state index in [0.717, 1.165) is 19.8 Å². The van der Waals surface area contributed by atoms with Gasteiger partial charge in [-0.3, -0.25) is 4.79 Å². The molecule has 4 heteroatoms. The van der Waals surface area contributed by atoms with Crippen molar-refractivity contribution in [3.05, 3.63) is 0 Å². The van der Waals surface area contributed by atoms with Crippen LogP contribution in [0, 0.1) is 0 Å². The molecule has 0 heterocycles. The molecule has 0 unspecified atom stereocenters. The van der Waals surface area contributed by atoms with Gasteiger partial charge in [0.15, 0.2) is 0 Å². The molecule has 0 radical (unpaired) electrons. The zero-order valence-electron chi connectivity index (χ0n) is 6.92. The minimum Gasteiger partial charge on any atom is -0.349 e. The Balaban J connectivity index is 3.53. The fraction of sp³-hybridized carbons (Fsp3) is 0.857. The Morgan fingerprint density at radius 3 is 2.45 bits per heavy atom. The molecular weight excluding hydrogens is 146 g/mol. The van der Waals surface area contributed by atoms with Crippen molar-refractivity contribution in [3.8, 4) is 0 Å². The number of hydrogen-bond acceptors (Lipinski definition) is 3. The highest BCUT2D eigenvalue weighted by Gasteiger charge is 2.16. The standard InChI is InChI=1S/C7H15NO3/c1-3-4-5-6(9)8-7(2,10)11/h10-11H,3-5H2,1-2H3,(H,8,9). The van der Waals surface area contributed by atoms with E-state index >= 15 is 0 Å². The first-order valence-corrected chi connectivity index (χ1v) is 3.71. The number of aliphatic hydroxyl groups is 2. The molecule has 0 spiro atoms. The molecule has 0 saturated heterocycles. The van der Waals surface area contributed by atoms with Gasteiger partial charge in [0.1, 0.15) is 0 Å². The van der Waals surface area contributed by atoms with Crippen LogP contribution < -0.4 is 5.32 Å². The molecule has 0 aliphatic carbocycles. The molecule has 1 amide bonds. The highest BCUT2D eigenvalue weighted by Crippen LogP contribution is 1.96. The highest BCUT2D eigenvalue weighted by molar-refractivity contribution is 5.76. The minimum absolute atomic E-state index is 0.334. The fourth-order valence-corrected chi connectivity index (χ4v) is 0.664. The maximum atomic E-state index is 10.8. The van der Waals surface area contributed by atoms with Crippen molar-refractivity contribution in [2.75, 3.05) is 0 Å². The van der Waals surface area contributed by atoms with Crippen molar-refractivity contribution in [1.82, 2.24) is 5.32 Å². The number of unbranched alkanes of at least 4 members (excludes halogenated alkanes) is 1. The first-order chi connectivity index (χ1) is 4.95. The largest absolute Gasteiger partial charge is 0.349 e. The summed E-state index contributed by atoms with van der Waals surface area (Å²) >= 11 is 0. The van der Waals surface area contributed by atoms with Gasteiger partial charge in [0.2, 0.25) is 11.8 Å². The third-order valence-corrected chi connectivity index (χ3v) is 1.13. The van der Waals surface area contributed by atoms with Gasteiger partial charge in [-0.2, -0.15) is 0 Å². The smallest absolute Gasteiger partial charge is 0.243 e. The Morgan fingerprint density at radius 2 is 2.09 bits per heavy atom. The van der Waals surface area contributed by atoms with Crippen molar-refractivity contribution in [3.63, 3.8) is 0 Å². The average molecular weight is 161 g/mol. The van der Waals surface area contributed by atoms with Crippen LogP contribution in [-0.4, -0.2) is 22.0 Å². The van der Waals surface area contributed by atoms with Gasteiger partial charge in [-0.05, 0) is 6.42 Å². The number of carbonyl (C=O) groups excluding carboxylic acids is 1. The molecule has 0 rings (SSSR count). The number of carbonyl (C=O) groups is 1. The van der Waals surface area contributed by atoms with E-state index in [4.69, 9.17) is 10.2 Å². The van der Waals surface area contributed by atoms with Crippen LogP contribution in [0.4, 0.5) is 0 Å². The average Bonchev–Trinajstić information content (AvgIpc) is 1.79. The molecule has 0 saturated carbocycles. The Morgan fingerprint density at radius 1 is 1.55 bits per heavy atom. The van der Waals surface area contributed by atoms with Gasteiger partial charge in [-0.15, -0.1) is 0 Å². The molecular formula is C7H15NO3. The van der Waals surface area contributed by atoms with Gasteiger partial charge >= 0.3 is 0 Å². The number of hydrogen-bond donors (Lipinski definition) is 3. The lowest BCUT2D eigenvalue weighted by Gasteiger charge is -2.16. The topological polar surface area (TPSA) is 69.6 Å². The predicted octanol–water partition coefficient (Wildman–Crippen LogP) is -0.0489. The van der Waals surface area contributed by atoms with Gasteiger partial charge in [0, 0.05) is 13.3 Å². The fourth-order valence-electron chi connectivity index (χ4n) is 0.664. The van der Waals surface area contributed by atoms with E-state index in [1.165, 1.54) is 0 Å². The summed E-state index contributed by atoms with van der Waals surface area (Å²) in [5, 5.41) is 19.4. The monoisotopic (exact) mass is 161 g/mol. The van der Waals surface area contributed by atoms with Crippen LogP contribution in [0.2, 0.25) is 0 Å². The van der Waals surface area contributed by atoms with Gasteiger partial charge in [-0.25, -0.2) is 0 Å². The molecule has 0 bridgehead atoms. The zero-order valence-corrected chi connectivity index (χ0v) is 6.92. The Kier molecular flexibility index (Phi) is 4.07. The quantitative estimate of drug-likeness (QED) is 0.506. The number of rotatable bonds is 4. The van der Waals surface area contributed by atoms with Crippen LogP contribution in [0.5, 0.6) is 0 Å². The van der Waals surface area contributed by atoms with Gasteiger partial charge < -0.3 is 15.5 Å². The van der Waals surface area contributed by atoms with Crippen LogP contribution in [0.3, 0.4) is 0 Å². The molecule has 0 fully saturated rings. The molecule has 4 nitrogen and oxygen atoms in total. The van der Waals surface area contributed by atoms with Gasteiger partial charge in [0.05, 0.1) is 0 Å². The third-order valence-electron chi connectivity index (χ3n) is 1.13. The second-order valence-electron chi connectivity index (χ2n) is 2.67. The maximum Gasteiger partial charge on any atom is 0.243 e. The summed E-state index contributed by atoms with van der Waals surface area (Å²) < 4.78 is 0. The van der Waals surface area contributed by atoms with Crippen molar-refractivity contribution in [2.24, 2.45) is 0 Å². The first kappa shape index (κ1) is 10.4. The van der Waals surface area contributed by atoms with E-state index in [9.17, 15) is 4.79 Å². The second kappa shape index (κ2) is 4.31. The summed E-state index contributed by atoms with van der Waals surface area (Å²) in [6.45, 7) is 3.07. The summed E-state index contributed by atoms with van der Waals surface area (Å²) in [5.74, 6) is -2.41. The minimum atomic E-state index is -2.08. The summed E-state index contributed by atoms with van der Waals surface area (Å²) in [7, 11) is 0. The normalized spacial score (nSPS) is 11.3. The predicted molar refractivity (Wildman–Crippen MR) is 40.5 cm³/mol. The van der Waals surface area contributed by atoms with Crippen LogP contribution >= 0.6 is 0 Å². The zero-order chi connectivity index (χ0) is 8.91. The molecule has 11 heavy (non-hydrogen) atoms. The molecule has 3 N–H and O–H groups in total. The Labute approximate surface area is 66.2 Å². The third kappa shape index (κ3) is 7.29. The highest BCUT2D eigenvalue weighted by atomic mass is 16.5. The molecule has 0 aromatic carbocycles. The lowest BCUT2D eigenvalue weighted by Crippen LogP contribution is -2.45. The lowest BCUT2D eigenvalue weighted by atomic mass is 10.2. The van der Waals surface area contributed by atoms with Crippen molar-refractivity contribution < 1.29 is 15.0 Å². The van der Waals surface area contributed by atoms with Crippen molar-refractivity contribution in [2.45, 2.75) is 39.0 Å². The molecule has 0 aliphatic heterocycles. The lowest BCUT2D eigenvalue weighted by molar-refractivity contribution is -0.177. The van der Waals surface area contributed by atoms with E-state index in [2.05, 4.69) is 0 Å². The molecule has 0 aliphatic rings. The van der Waals surface area contributed by atoms with Crippen molar-refractivity contribution >= 4 is 5.91 Å². The number of amides is 1. The van der Waals surface area contributed by atoms with Crippen LogP contribution in [0.1, 0.15) is 33.1 Å². The van der Waals surface area contributed by atoms with E-state index in [0.29, 0.717) is 6.42 Å². The van der Waals surface area contributed by atoms with E-state index < -0.39 is 5.91 Å². The van der Waals surface area contributed by atoms with E-state index in [-0.39, 0.29) is 5.91 Å². The first-order valence-electron chi connectivity index (χ1n) is 3.71.